The van der Waals surface area contributed by atoms with Crippen LogP contribution in [0.5, 0.6) is 0 Å². The van der Waals surface area contributed by atoms with Crippen molar-refractivity contribution in [1.82, 2.24) is 5.32 Å². The predicted molar refractivity (Wildman–Crippen MR) is 77.5 cm³/mol. The lowest BCUT2D eigenvalue weighted by Gasteiger charge is -2.09. The minimum atomic E-state index is -2.87. The number of hydrogen-bond donors (Lipinski definition) is 2. The van der Waals surface area contributed by atoms with Crippen molar-refractivity contribution in [3.05, 3.63) is 17.0 Å². The molecule has 0 aromatic carbocycles. The van der Waals surface area contributed by atoms with Crippen molar-refractivity contribution < 1.29 is 13.2 Å². The van der Waals surface area contributed by atoms with Crippen LogP contribution < -0.4 is 10.6 Å². The van der Waals surface area contributed by atoms with E-state index in [1.165, 1.54) is 4.88 Å². The second kappa shape index (κ2) is 5.92. The van der Waals surface area contributed by atoms with Crippen LogP contribution in [0, 0.1) is 5.92 Å². The zero-order valence-corrected chi connectivity index (χ0v) is 12.4. The van der Waals surface area contributed by atoms with Crippen LogP contribution in [0.15, 0.2) is 12.1 Å². The van der Waals surface area contributed by atoms with Crippen molar-refractivity contribution >= 4 is 32.2 Å². The topological polar surface area (TPSA) is 75.3 Å². The van der Waals surface area contributed by atoms with Crippen LogP contribution >= 0.6 is 11.3 Å². The van der Waals surface area contributed by atoms with Gasteiger partial charge in [0.25, 0.3) is 0 Å². The molecule has 0 unspecified atom stereocenters. The van der Waals surface area contributed by atoms with Gasteiger partial charge < -0.3 is 5.32 Å². The lowest BCUT2D eigenvalue weighted by Crippen LogP contribution is -2.33. The normalized spacial score (nSPS) is 21.2. The molecule has 1 aromatic heterocycles. The zero-order chi connectivity index (χ0) is 13.9. The molecule has 1 atom stereocenters. The Bertz CT molecular complexity index is 551. The highest BCUT2D eigenvalue weighted by molar-refractivity contribution is 7.91. The number of thiophene rings is 1. The lowest BCUT2D eigenvalue weighted by atomic mass is 10.1. The number of anilines is 1. The SMILES string of the molecule is CCc1ccc(NC(=O)NC[C@H]2CCS(=O)(=O)C2)s1. The fourth-order valence-corrected chi connectivity index (χ4v) is 4.77. The van der Waals surface area contributed by atoms with E-state index in [1.807, 2.05) is 12.1 Å². The number of amides is 2. The maximum Gasteiger partial charge on any atom is 0.319 e. The Balaban J connectivity index is 1.76. The fourth-order valence-electron chi connectivity index (χ4n) is 2.06. The van der Waals surface area contributed by atoms with Crippen molar-refractivity contribution in [3.63, 3.8) is 0 Å². The second-order valence-electron chi connectivity index (χ2n) is 4.72. The van der Waals surface area contributed by atoms with Crippen molar-refractivity contribution in [3.8, 4) is 0 Å². The summed E-state index contributed by atoms with van der Waals surface area (Å²) in [5.74, 6) is 0.475. The van der Waals surface area contributed by atoms with Crippen molar-refractivity contribution in [1.29, 1.82) is 0 Å². The highest BCUT2D eigenvalue weighted by Gasteiger charge is 2.27. The first-order valence-electron chi connectivity index (χ1n) is 6.32. The first kappa shape index (κ1) is 14.3. The molecular weight excluding hydrogens is 284 g/mol. The smallest absolute Gasteiger partial charge is 0.319 e. The van der Waals surface area contributed by atoms with E-state index in [4.69, 9.17) is 0 Å². The van der Waals surface area contributed by atoms with Gasteiger partial charge in [0.2, 0.25) is 0 Å². The van der Waals surface area contributed by atoms with Crippen LogP contribution in [-0.2, 0) is 16.3 Å². The van der Waals surface area contributed by atoms with Crippen molar-refractivity contribution in [2.45, 2.75) is 19.8 Å². The third-order valence-corrected chi connectivity index (χ3v) is 6.11. The average molecular weight is 302 g/mol. The molecule has 2 rings (SSSR count). The number of hydrogen-bond acceptors (Lipinski definition) is 4. The van der Waals surface area contributed by atoms with Gasteiger partial charge in [0.15, 0.2) is 9.84 Å². The molecule has 0 saturated carbocycles. The van der Waals surface area contributed by atoms with Gasteiger partial charge in [-0.2, -0.15) is 0 Å². The summed E-state index contributed by atoms with van der Waals surface area (Å²) in [5.41, 5.74) is 0. The standard InChI is InChI=1S/C12H18N2O3S2/c1-2-10-3-4-11(18-10)14-12(15)13-7-9-5-6-19(16,17)8-9/h3-4,9H,2,5-8H2,1H3,(H2,13,14,15)/t9-/m1/s1. The van der Waals surface area contributed by atoms with E-state index in [0.717, 1.165) is 11.4 Å². The number of rotatable bonds is 4. The van der Waals surface area contributed by atoms with E-state index in [-0.39, 0.29) is 23.5 Å². The summed E-state index contributed by atoms with van der Waals surface area (Å²) < 4.78 is 22.6. The summed E-state index contributed by atoms with van der Waals surface area (Å²) in [6.45, 7) is 2.48. The zero-order valence-electron chi connectivity index (χ0n) is 10.8. The summed E-state index contributed by atoms with van der Waals surface area (Å²) in [6.07, 6.45) is 1.59. The molecule has 7 heteroatoms. The molecule has 5 nitrogen and oxygen atoms in total. The lowest BCUT2D eigenvalue weighted by molar-refractivity contribution is 0.250. The van der Waals surface area contributed by atoms with Gasteiger partial charge in [0, 0.05) is 11.4 Å². The van der Waals surface area contributed by atoms with Crippen molar-refractivity contribution in [2.24, 2.45) is 5.92 Å². The summed E-state index contributed by atoms with van der Waals surface area (Å²) in [5, 5.41) is 6.30. The summed E-state index contributed by atoms with van der Waals surface area (Å²) in [6, 6.07) is 3.60. The molecule has 1 aromatic rings. The predicted octanol–water partition coefficient (Wildman–Crippen LogP) is 1.87. The number of urea groups is 1. The minimum absolute atomic E-state index is 0.0466. The van der Waals surface area contributed by atoms with Crippen LogP contribution in [0.3, 0.4) is 0 Å². The maximum atomic E-state index is 11.7. The highest BCUT2D eigenvalue weighted by Crippen LogP contribution is 2.22. The largest absolute Gasteiger partial charge is 0.338 e. The number of sulfone groups is 1. The molecule has 0 bridgehead atoms. The van der Waals surface area contributed by atoms with Gasteiger partial charge in [-0.15, -0.1) is 11.3 Å². The van der Waals surface area contributed by atoms with Crippen LogP contribution in [0.25, 0.3) is 0 Å². The monoisotopic (exact) mass is 302 g/mol. The Hall–Kier alpha value is -1.08. The van der Waals surface area contributed by atoms with E-state index >= 15 is 0 Å². The summed E-state index contributed by atoms with van der Waals surface area (Å²) in [4.78, 5) is 12.9. The third kappa shape index (κ3) is 4.21. The van der Waals surface area contributed by atoms with Gasteiger partial charge in [-0.25, -0.2) is 13.2 Å². The van der Waals surface area contributed by atoms with E-state index in [9.17, 15) is 13.2 Å². The summed E-state index contributed by atoms with van der Waals surface area (Å²) in [7, 11) is -2.87. The minimum Gasteiger partial charge on any atom is -0.338 e. The molecular formula is C12H18N2O3S2. The molecule has 0 aliphatic carbocycles. The molecule has 1 fully saturated rings. The van der Waals surface area contributed by atoms with Gasteiger partial charge in [-0.3, -0.25) is 5.32 Å². The van der Waals surface area contributed by atoms with E-state index < -0.39 is 9.84 Å². The Morgan fingerprint density at radius 2 is 2.26 bits per heavy atom. The Morgan fingerprint density at radius 3 is 2.84 bits per heavy atom. The van der Waals surface area contributed by atoms with Crippen LogP contribution in [0.1, 0.15) is 18.2 Å². The second-order valence-corrected chi connectivity index (χ2v) is 8.12. The number of carbonyl (C=O) groups excluding carboxylic acids is 1. The molecule has 1 aliphatic heterocycles. The average Bonchev–Trinajstić information content (AvgIpc) is 2.93. The molecule has 2 amide bonds. The Kier molecular flexibility index (Phi) is 4.46. The third-order valence-electron chi connectivity index (χ3n) is 3.12. The molecule has 19 heavy (non-hydrogen) atoms. The van der Waals surface area contributed by atoms with Crippen LogP contribution in [-0.4, -0.2) is 32.5 Å². The molecule has 1 saturated heterocycles. The Morgan fingerprint density at radius 1 is 1.47 bits per heavy atom. The van der Waals surface area contributed by atoms with Crippen LogP contribution in [0.4, 0.5) is 9.80 Å². The van der Waals surface area contributed by atoms with E-state index in [2.05, 4.69) is 17.6 Å². The quantitative estimate of drug-likeness (QED) is 0.891. The number of aryl methyl sites for hydroxylation is 1. The van der Waals surface area contributed by atoms with Gasteiger partial charge in [0.1, 0.15) is 0 Å². The molecule has 2 N–H and O–H groups in total. The van der Waals surface area contributed by atoms with Gasteiger partial charge in [0.05, 0.1) is 16.5 Å². The molecule has 0 radical (unpaired) electrons. The fraction of sp³-hybridized carbons (Fsp3) is 0.583. The van der Waals surface area contributed by atoms with Gasteiger partial charge in [-0.1, -0.05) is 6.92 Å². The molecule has 2 heterocycles. The van der Waals surface area contributed by atoms with Crippen molar-refractivity contribution in [2.75, 3.05) is 23.4 Å². The van der Waals surface area contributed by atoms with E-state index in [0.29, 0.717) is 13.0 Å². The summed E-state index contributed by atoms with van der Waals surface area (Å²) >= 11 is 1.55. The van der Waals surface area contributed by atoms with E-state index in [1.54, 1.807) is 11.3 Å². The van der Waals surface area contributed by atoms with Gasteiger partial charge in [-0.05, 0) is 30.9 Å². The first-order chi connectivity index (χ1) is 8.98. The molecule has 0 spiro atoms. The molecule has 106 valence electrons. The first-order valence-corrected chi connectivity index (χ1v) is 8.96. The molecule has 1 aliphatic rings. The Labute approximate surface area is 117 Å². The van der Waals surface area contributed by atoms with Gasteiger partial charge >= 0.3 is 6.03 Å². The number of nitrogens with one attached hydrogen (secondary N) is 2. The maximum absolute atomic E-state index is 11.7. The number of carbonyl (C=O) groups is 1. The van der Waals surface area contributed by atoms with Crippen LogP contribution in [0.2, 0.25) is 0 Å². The highest BCUT2D eigenvalue weighted by atomic mass is 32.2.